The summed E-state index contributed by atoms with van der Waals surface area (Å²) in [6.07, 6.45) is 0. The molecule has 0 radical (unpaired) electrons. The molecule has 0 saturated heterocycles. The fraction of sp³-hybridized carbons (Fsp3) is 0.667. The highest BCUT2D eigenvalue weighted by molar-refractivity contribution is 5.96. The van der Waals surface area contributed by atoms with Crippen LogP contribution in [0.4, 0.5) is 0 Å². The molecule has 0 aromatic rings. The number of likely N-dealkylation sites (N-methyl/N-ethyl adjacent to an activating group) is 1. The summed E-state index contributed by atoms with van der Waals surface area (Å²) < 4.78 is 0. The second kappa shape index (κ2) is 14.5. The van der Waals surface area contributed by atoms with E-state index in [9.17, 15) is 33.6 Å². The predicted octanol–water partition coefficient (Wildman–Crippen LogP) is -3.22. The monoisotopic (exact) mass is 499 g/mol. The van der Waals surface area contributed by atoms with Crippen LogP contribution in [-0.4, -0.2) is 84.6 Å². The van der Waals surface area contributed by atoms with Gasteiger partial charge >= 0.3 is 0 Å². The van der Waals surface area contributed by atoms with Crippen LogP contribution in [-0.2, 0) is 33.6 Å². The highest BCUT2D eigenvalue weighted by Crippen LogP contribution is 1.94. The predicted molar refractivity (Wildman–Crippen MR) is 125 cm³/mol. The summed E-state index contributed by atoms with van der Waals surface area (Å²) in [5.41, 5.74) is 0. The molecule has 0 bridgehead atoms. The Balaban J connectivity index is 4.69. The van der Waals surface area contributed by atoms with Gasteiger partial charge in [-0.05, 0) is 41.5 Å². The Bertz CT molecular complexity index is 833. The first-order chi connectivity index (χ1) is 16.1. The minimum Gasteiger partial charge on any atom is -0.357 e. The Labute approximate surface area is 204 Å². The maximum absolute atomic E-state index is 12.4. The van der Waals surface area contributed by atoms with Crippen LogP contribution in [0, 0.1) is 0 Å². The third-order valence-electron chi connectivity index (χ3n) is 4.82. The summed E-state index contributed by atoms with van der Waals surface area (Å²) in [5.74, 6) is -3.93. The van der Waals surface area contributed by atoms with Crippen LogP contribution in [0.5, 0.6) is 0 Å². The number of nitrogens with one attached hydrogen (secondary N) is 7. The van der Waals surface area contributed by atoms with Gasteiger partial charge in [0.2, 0.25) is 41.4 Å². The first kappa shape index (κ1) is 31.3. The average molecular weight is 500 g/mol. The highest BCUT2D eigenvalue weighted by Gasteiger charge is 2.26. The summed E-state index contributed by atoms with van der Waals surface area (Å²) in [5, 5.41) is 16.9. The third kappa shape index (κ3) is 11.3. The van der Waals surface area contributed by atoms with E-state index in [1.807, 2.05) is 0 Å². The zero-order chi connectivity index (χ0) is 27.5. The van der Waals surface area contributed by atoms with Gasteiger partial charge in [0.1, 0.15) is 36.3 Å². The summed E-state index contributed by atoms with van der Waals surface area (Å²) in [7, 11) is 1.43. The molecule has 14 heteroatoms. The Morgan fingerprint density at radius 2 is 0.600 bits per heavy atom. The van der Waals surface area contributed by atoms with E-state index in [0.717, 1.165) is 0 Å². The van der Waals surface area contributed by atoms with Crippen molar-refractivity contribution in [3.8, 4) is 0 Å². The van der Waals surface area contributed by atoms with Crippen LogP contribution in [0.1, 0.15) is 48.5 Å². The molecule has 35 heavy (non-hydrogen) atoms. The van der Waals surface area contributed by atoms with E-state index in [0.29, 0.717) is 0 Å². The van der Waals surface area contributed by atoms with Crippen LogP contribution >= 0.6 is 0 Å². The van der Waals surface area contributed by atoms with E-state index in [-0.39, 0.29) is 0 Å². The molecule has 6 atom stereocenters. The SMILES string of the molecule is CNC(=O)[C@H](C)NC(=O)[C@H](C)NC(=O)[C@H](C)NC(=O)[C@H](C)NC(=O)[C@H](C)NC(=O)[C@H](C)NC(C)=O. The van der Waals surface area contributed by atoms with Crippen molar-refractivity contribution in [2.45, 2.75) is 84.7 Å². The fourth-order valence-electron chi connectivity index (χ4n) is 2.61. The van der Waals surface area contributed by atoms with Gasteiger partial charge in [-0.25, -0.2) is 0 Å². The Hall–Kier alpha value is -3.71. The number of rotatable bonds is 12. The molecule has 0 aliphatic carbocycles. The lowest BCUT2D eigenvalue weighted by Gasteiger charge is -2.22. The van der Waals surface area contributed by atoms with Gasteiger partial charge in [0.15, 0.2) is 0 Å². The molecule has 0 fully saturated rings. The maximum Gasteiger partial charge on any atom is 0.242 e. The molecular weight excluding hydrogens is 462 g/mol. The smallest absolute Gasteiger partial charge is 0.242 e. The number of carbonyl (C=O) groups is 7. The lowest BCUT2D eigenvalue weighted by atomic mass is 10.2. The van der Waals surface area contributed by atoms with Crippen molar-refractivity contribution in [2.75, 3.05) is 7.05 Å². The second-order valence-corrected chi connectivity index (χ2v) is 8.19. The lowest BCUT2D eigenvalue weighted by Crippen LogP contribution is -2.57. The van der Waals surface area contributed by atoms with Crippen molar-refractivity contribution in [2.24, 2.45) is 0 Å². The quantitative estimate of drug-likeness (QED) is 0.146. The van der Waals surface area contributed by atoms with E-state index >= 15 is 0 Å². The van der Waals surface area contributed by atoms with Gasteiger partial charge in [-0.1, -0.05) is 0 Å². The molecule has 0 spiro atoms. The molecule has 0 aromatic carbocycles. The number of hydrogen-bond acceptors (Lipinski definition) is 7. The van der Waals surface area contributed by atoms with Crippen molar-refractivity contribution < 1.29 is 33.6 Å². The molecule has 14 nitrogen and oxygen atoms in total. The zero-order valence-electron chi connectivity index (χ0n) is 21.3. The maximum atomic E-state index is 12.4. The third-order valence-corrected chi connectivity index (χ3v) is 4.82. The largest absolute Gasteiger partial charge is 0.357 e. The molecule has 0 unspecified atom stereocenters. The molecule has 0 rings (SSSR count). The minimum atomic E-state index is -1.04. The van der Waals surface area contributed by atoms with Crippen molar-refractivity contribution in [1.82, 2.24) is 37.2 Å². The number of amides is 7. The lowest BCUT2D eigenvalue weighted by molar-refractivity contribution is -0.134. The van der Waals surface area contributed by atoms with E-state index < -0.39 is 77.6 Å². The molecule has 7 N–H and O–H groups in total. The number of carbonyl (C=O) groups excluding carboxylic acids is 7. The Kier molecular flexibility index (Phi) is 13.0. The summed E-state index contributed by atoms with van der Waals surface area (Å²) in [4.78, 5) is 83.7. The van der Waals surface area contributed by atoms with E-state index in [1.54, 1.807) is 0 Å². The molecule has 0 aromatic heterocycles. The van der Waals surface area contributed by atoms with E-state index in [2.05, 4.69) is 37.2 Å². The standard InChI is InChI=1S/C21H37N7O7/c1-9(16(30)22-8)24-18(32)11(3)26-20(34)13(5)28-21(35)14(6)27-19(33)12(4)25-17(31)10(2)23-15(7)29/h9-14H,1-8H3,(H,22,30)(H,23,29)(H,24,32)(H,25,31)(H,26,34)(H,27,33)(H,28,35)/t9-,10-,11-,12-,13-,14-/m0/s1. The summed E-state index contributed by atoms with van der Waals surface area (Å²) in [6.45, 7) is 9.81. The topological polar surface area (TPSA) is 204 Å². The van der Waals surface area contributed by atoms with Crippen LogP contribution in [0.25, 0.3) is 0 Å². The fourth-order valence-corrected chi connectivity index (χ4v) is 2.61. The Morgan fingerprint density at radius 3 is 0.800 bits per heavy atom. The second-order valence-electron chi connectivity index (χ2n) is 8.19. The molecule has 0 aliphatic heterocycles. The molecule has 0 heterocycles. The van der Waals surface area contributed by atoms with E-state index in [4.69, 9.17) is 0 Å². The van der Waals surface area contributed by atoms with Gasteiger partial charge in [0.25, 0.3) is 0 Å². The van der Waals surface area contributed by atoms with Gasteiger partial charge in [-0.2, -0.15) is 0 Å². The zero-order valence-corrected chi connectivity index (χ0v) is 21.3. The van der Waals surface area contributed by atoms with Crippen LogP contribution in [0.3, 0.4) is 0 Å². The van der Waals surface area contributed by atoms with Crippen molar-refractivity contribution in [3.63, 3.8) is 0 Å². The molecule has 0 saturated carbocycles. The molecule has 0 aliphatic rings. The summed E-state index contributed by atoms with van der Waals surface area (Å²) >= 11 is 0. The molecule has 7 amide bonds. The van der Waals surface area contributed by atoms with Crippen LogP contribution < -0.4 is 37.2 Å². The van der Waals surface area contributed by atoms with Crippen molar-refractivity contribution in [1.29, 1.82) is 0 Å². The van der Waals surface area contributed by atoms with Gasteiger partial charge in [-0.3, -0.25) is 33.6 Å². The van der Waals surface area contributed by atoms with Crippen molar-refractivity contribution >= 4 is 41.4 Å². The number of hydrogen-bond donors (Lipinski definition) is 7. The first-order valence-corrected chi connectivity index (χ1v) is 11.1. The average Bonchev–Trinajstić information content (AvgIpc) is 2.77. The van der Waals surface area contributed by atoms with Crippen molar-refractivity contribution in [3.05, 3.63) is 0 Å². The minimum absolute atomic E-state index is 0.398. The van der Waals surface area contributed by atoms with Gasteiger partial charge in [0, 0.05) is 14.0 Å². The van der Waals surface area contributed by atoms with Gasteiger partial charge in [-0.15, -0.1) is 0 Å². The highest BCUT2D eigenvalue weighted by atomic mass is 16.2. The first-order valence-electron chi connectivity index (χ1n) is 11.1. The molecule has 198 valence electrons. The Morgan fingerprint density at radius 1 is 0.400 bits per heavy atom. The molecular formula is C21H37N7O7. The normalized spacial score (nSPS) is 15.5. The summed E-state index contributed by atoms with van der Waals surface area (Å²) in [6, 6.07) is -5.70. The van der Waals surface area contributed by atoms with E-state index in [1.165, 1.54) is 55.5 Å². The van der Waals surface area contributed by atoms with Gasteiger partial charge in [0.05, 0.1) is 0 Å². The van der Waals surface area contributed by atoms with Gasteiger partial charge < -0.3 is 37.2 Å². The van der Waals surface area contributed by atoms with Crippen LogP contribution in [0.15, 0.2) is 0 Å². The van der Waals surface area contributed by atoms with Crippen LogP contribution in [0.2, 0.25) is 0 Å².